The maximum absolute atomic E-state index is 13.4. The number of benzene rings is 4. The molecule has 4 nitrogen and oxygen atoms in total. The van der Waals surface area contributed by atoms with E-state index in [-0.39, 0.29) is 5.56 Å². The Hall–Kier alpha value is -4.18. The van der Waals surface area contributed by atoms with Crippen molar-refractivity contribution in [2.24, 2.45) is 0 Å². The van der Waals surface area contributed by atoms with E-state index < -0.39 is 0 Å². The number of fused-ring (bicyclic) bond motifs is 2. The lowest BCUT2D eigenvalue weighted by atomic mass is 10.0. The van der Waals surface area contributed by atoms with Crippen LogP contribution in [-0.2, 0) is 0 Å². The van der Waals surface area contributed by atoms with Crippen molar-refractivity contribution in [3.63, 3.8) is 0 Å². The third kappa shape index (κ3) is 3.56. The zero-order valence-corrected chi connectivity index (χ0v) is 17.7. The Morgan fingerprint density at radius 2 is 1.53 bits per heavy atom. The van der Waals surface area contributed by atoms with Crippen LogP contribution >= 0.6 is 0 Å². The second kappa shape index (κ2) is 8.52. The van der Waals surface area contributed by atoms with E-state index in [1.165, 1.54) is 0 Å². The summed E-state index contributed by atoms with van der Waals surface area (Å²) in [6.07, 6.45) is 3.88. The smallest absolute Gasteiger partial charge is 0.266 e. The number of hydrogen-bond acceptors (Lipinski definition) is 3. The quantitative estimate of drug-likeness (QED) is 0.346. The summed E-state index contributed by atoms with van der Waals surface area (Å²) in [5.74, 6) is 1.37. The minimum absolute atomic E-state index is 0.0931. The maximum Gasteiger partial charge on any atom is 0.266 e. The van der Waals surface area contributed by atoms with Crippen LogP contribution in [0, 0.1) is 0 Å². The van der Waals surface area contributed by atoms with E-state index in [1.54, 1.807) is 4.57 Å². The van der Waals surface area contributed by atoms with Crippen LogP contribution in [0.15, 0.2) is 95.8 Å². The largest absolute Gasteiger partial charge is 0.493 e. The van der Waals surface area contributed by atoms with Gasteiger partial charge in [0.1, 0.15) is 11.6 Å². The Balaban J connectivity index is 1.75. The van der Waals surface area contributed by atoms with Gasteiger partial charge in [0.15, 0.2) is 0 Å². The van der Waals surface area contributed by atoms with Crippen LogP contribution in [0.3, 0.4) is 0 Å². The van der Waals surface area contributed by atoms with Crippen molar-refractivity contribution in [3.05, 3.63) is 113 Å². The molecule has 0 fully saturated rings. The van der Waals surface area contributed by atoms with Crippen molar-refractivity contribution in [1.29, 1.82) is 0 Å². The van der Waals surface area contributed by atoms with Crippen molar-refractivity contribution in [1.82, 2.24) is 9.55 Å². The van der Waals surface area contributed by atoms with Gasteiger partial charge in [0.05, 0.1) is 23.2 Å². The normalized spacial score (nSPS) is 11.4. The van der Waals surface area contributed by atoms with E-state index in [2.05, 4.69) is 18.2 Å². The number of para-hydroxylation sites is 2. The number of hydrogen-bond donors (Lipinski definition) is 0. The topological polar surface area (TPSA) is 44.1 Å². The number of aromatic nitrogens is 2. The first kappa shape index (κ1) is 19.8. The number of ether oxygens (including phenoxy) is 1. The Bertz CT molecular complexity index is 1500. The minimum Gasteiger partial charge on any atom is -0.493 e. The summed E-state index contributed by atoms with van der Waals surface area (Å²) in [6.45, 7) is 2.54. The van der Waals surface area contributed by atoms with E-state index in [4.69, 9.17) is 9.72 Å². The van der Waals surface area contributed by atoms with Gasteiger partial charge in [-0.2, -0.15) is 0 Å². The third-order valence-electron chi connectivity index (χ3n) is 5.45. The fourth-order valence-corrected chi connectivity index (χ4v) is 3.98. The van der Waals surface area contributed by atoms with E-state index in [9.17, 15) is 4.79 Å². The zero-order valence-electron chi connectivity index (χ0n) is 17.7. The van der Waals surface area contributed by atoms with Crippen LogP contribution in [0.5, 0.6) is 5.75 Å². The Morgan fingerprint density at radius 3 is 2.34 bits per heavy atom. The lowest BCUT2D eigenvalue weighted by Crippen LogP contribution is -2.22. The molecular formula is C28H22N2O2. The third-order valence-corrected chi connectivity index (χ3v) is 5.45. The fraction of sp³-hybridized carbons (Fsp3) is 0.0714. The standard InChI is InChI=1S/C28H22N2O2/c1-2-32-26-18-16-20-10-6-7-13-22(20)23(26)17-19-27-29-25-15-9-8-14-24(25)28(31)30(27)21-11-4-3-5-12-21/h3-19H,2H2,1H3/b19-17+. The summed E-state index contributed by atoms with van der Waals surface area (Å²) in [6, 6.07) is 29.3. The molecule has 0 aliphatic rings. The van der Waals surface area contributed by atoms with Crippen molar-refractivity contribution in [2.75, 3.05) is 6.61 Å². The highest BCUT2D eigenvalue weighted by atomic mass is 16.5. The average Bonchev–Trinajstić information content (AvgIpc) is 2.84. The summed E-state index contributed by atoms with van der Waals surface area (Å²) < 4.78 is 7.56. The maximum atomic E-state index is 13.4. The summed E-state index contributed by atoms with van der Waals surface area (Å²) in [5, 5.41) is 2.81. The van der Waals surface area contributed by atoms with Gasteiger partial charge in [-0.1, -0.05) is 60.7 Å². The van der Waals surface area contributed by atoms with Gasteiger partial charge in [0.2, 0.25) is 0 Å². The molecule has 0 spiro atoms. The van der Waals surface area contributed by atoms with Gasteiger partial charge < -0.3 is 4.74 Å². The molecule has 0 atom stereocenters. The molecular weight excluding hydrogens is 396 g/mol. The zero-order chi connectivity index (χ0) is 21.9. The first-order valence-corrected chi connectivity index (χ1v) is 10.7. The molecule has 5 rings (SSSR count). The first-order valence-electron chi connectivity index (χ1n) is 10.7. The van der Waals surface area contributed by atoms with Gasteiger partial charge in [0.25, 0.3) is 5.56 Å². The Morgan fingerprint density at radius 1 is 0.812 bits per heavy atom. The van der Waals surface area contributed by atoms with Crippen LogP contribution in [0.1, 0.15) is 18.3 Å². The predicted molar refractivity (Wildman–Crippen MR) is 131 cm³/mol. The van der Waals surface area contributed by atoms with Crippen molar-refractivity contribution in [3.8, 4) is 11.4 Å². The first-order chi connectivity index (χ1) is 15.8. The molecule has 0 bridgehead atoms. The molecule has 1 aromatic heterocycles. The van der Waals surface area contributed by atoms with Crippen molar-refractivity contribution < 1.29 is 4.74 Å². The average molecular weight is 418 g/mol. The monoisotopic (exact) mass is 418 g/mol. The minimum atomic E-state index is -0.0931. The molecule has 0 unspecified atom stereocenters. The van der Waals surface area contributed by atoms with Crippen LogP contribution in [0.25, 0.3) is 39.5 Å². The summed E-state index contributed by atoms with van der Waals surface area (Å²) in [5.41, 5.74) is 2.32. The van der Waals surface area contributed by atoms with Crippen molar-refractivity contribution >= 4 is 33.8 Å². The van der Waals surface area contributed by atoms with Gasteiger partial charge in [-0.3, -0.25) is 9.36 Å². The molecule has 0 saturated heterocycles. The van der Waals surface area contributed by atoms with Gasteiger partial charge in [-0.05, 0) is 60.2 Å². The summed E-state index contributed by atoms with van der Waals surface area (Å²) in [7, 11) is 0. The highest BCUT2D eigenvalue weighted by molar-refractivity contribution is 5.95. The lowest BCUT2D eigenvalue weighted by Gasteiger charge is -2.13. The predicted octanol–water partition coefficient (Wildman–Crippen LogP) is 6.11. The Labute approximate surface area is 186 Å². The molecule has 0 aliphatic carbocycles. The van der Waals surface area contributed by atoms with Crippen LogP contribution in [0.2, 0.25) is 0 Å². The molecule has 0 aliphatic heterocycles. The Kier molecular flexibility index (Phi) is 5.26. The fourth-order valence-electron chi connectivity index (χ4n) is 3.98. The van der Waals surface area contributed by atoms with E-state index in [1.807, 2.05) is 91.9 Å². The van der Waals surface area contributed by atoms with Crippen molar-refractivity contribution in [2.45, 2.75) is 6.92 Å². The lowest BCUT2D eigenvalue weighted by molar-refractivity contribution is 0.340. The van der Waals surface area contributed by atoms with Gasteiger partial charge in [-0.25, -0.2) is 4.98 Å². The molecule has 4 aromatic carbocycles. The summed E-state index contributed by atoms with van der Waals surface area (Å²) in [4.78, 5) is 18.2. The van der Waals surface area contributed by atoms with Gasteiger partial charge >= 0.3 is 0 Å². The highest BCUT2D eigenvalue weighted by Crippen LogP contribution is 2.30. The van der Waals surface area contributed by atoms with Crippen LogP contribution in [-0.4, -0.2) is 16.2 Å². The molecule has 32 heavy (non-hydrogen) atoms. The highest BCUT2D eigenvalue weighted by Gasteiger charge is 2.12. The van der Waals surface area contributed by atoms with E-state index in [0.717, 1.165) is 27.8 Å². The SMILES string of the molecule is CCOc1ccc2ccccc2c1/C=C/c1nc2ccccc2c(=O)n1-c1ccccc1. The summed E-state index contributed by atoms with van der Waals surface area (Å²) >= 11 is 0. The molecule has 0 amide bonds. The van der Waals surface area contributed by atoms with E-state index in [0.29, 0.717) is 23.3 Å². The molecule has 156 valence electrons. The number of nitrogens with zero attached hydrogens (tertiary/aromatic N) is 2. The second-order valence-electron chi connectivity index (χ2n) is 7.43. The second-order valence-corrected chi connectivity index (χ2v) is 7.43. The van der Waals surface area contributed by atoms with Gasteiger partial charge in [0, 0.05) is 5.56 Å². The molecule has 1 heterocycles. The molecule has 5 aromatic rings. The number of rotatable bonds is 5. The van der Waals surface area contributed by atoms with Gasteiger partial charge in [-0.15, -0.1) is 0 Å². The van der Waals surface area contributed by atoms with E-state index >= 15 is 0 Å². The molecule has 4 heteroatoms. The molecule has 0 radical (unpaired) electrons. The van der Waals surface area contributed by atoms with Crippen LogP contribution < -0.4 is 10.3 Å². The molecule has 0 N–H and O–H groups in total. The van der Waals surface area contributed by atoms with Crippen LogP contribution in [0.4, 0.5) is 0 Å². The molecule has 0 saturated carbocycles.